The molecule has 0 spiro atoms. The minimum Gasteiger partial charge on any atom is -0.301 e. The highest BCUT2D eigenvalue weighted by molar-refractivity contribution is 8.18. The van der Waals surface area contributed by atoms with Gasteiger partial charge in [-0.15, -0.1) is 0 Å². The molecule has 0 radical (unpaired) electrons. The highest BCUT2D eigenvalue weighted by Crippen LogP contribution is 2.30. The van der Waals surface area contributed by atoms with E-state index in [9.17, 15) is 4.79 Å². The molecule has 3 aromatic rings. The summed E-state index contributed by atoms with van der Waals surface area (Å²) in [6.45, 7) is 0. The van der Waals surface area contributed by atoms with Gasteiger partial charge in [0.15, 0.2) is 5.17 Å². The molecule has 0 bridgehead atoms. The fourth-order valence-corrected chi connectivity index (χ4v) is 3.30. The fourth-order valence-electron chi connectivity index (χ4n) is 2.61. The number of thioether (sulfide) groups is 1. The van der Waals surface area contributed by atoms with E-state index in [4.69, 9.17) is 10.5 Å². The van der Waals surface area contributed by atoms with Gasteiger partial charge in [-0.3, -0.25) is 10.2 Å². The van der Waals surface area contributed by atoms with Crippen molar-refractivity contribution in [3.05, 3.63) is 77.3 Å². The quantitative estimate of drug-likeness (QED) is 0.711. The molecule has 1 aliphatic heterocycles. The van der Waals surface area contributed by atoms with Crippen molar-refractivity contribution in [2.45, 2.75) is 0 Å². The third-order valence-electron chi connectivity index (χ3n) is 3.76. The van der Waals surface area contributed by atoms with Gasteiger partial charge in [0.1, 0.15) is 0 Å². The fraction of sp³-hybridized carbons (Fsp3) is 0. The first-order valence-corrected chi connectivity index (χ1v) is 8.52. The average molecular weight is 346 g/mol. The summed E-state index contributed by atoms with van der Waals surface area (Å²) in [7, 11) is 0. The molecule has 1 aromatic heterocycles. The Morgan fingerprint density at radius 1 is 1.04 bits per heavy atom. The molecule has 4 rings (SSSR count). The third-order valence-corrected chi connectivity index (χ3v) is 4.59. The van der Waals surface area contributed by atoms with Crippen molar-refractivity contribution < 1.29 is 4.79 Å². The van der Waals surface area contributed by atoms with Crippen LogP contribution in [0.25, 0.3) is 23.0 Å². The normalized spacial score (nSPS) is 15.6. The maximum Gasteiger partial charge on any atom is 0.264 e. The number of amides is 1. The Morgan fingerprint density at radius 3 is 2.36 bits per heavy atom. The molecular formula is C19H14N4OS. The number of carbonyl (C=O) groups excluding carboxylic acids is 1. The molecule has 5 nitrogen and oxygen atoms in total. The Balaban J connectivity index is 1.84. The van der Waals surface area contributed by atoms with Crippen molar-refractivity contribution in [2.75, 3.05) is 0 Å². The molecule has 2 heterocycles. The number of carbonyl (C=O) groups is 1. The van der Waals surface area contributed by atoms with Gasteiger partial charge in [0, 0.05) is 17.3 Å². The number of para-hydroxylation sites is 1. The number of rotatable bonds is 3. The van der Waals surface area contributed by atoms with E-state index in [1.165, 1.54) is 0 Å². The van der Waals surface area contributed by atoms with Crippen LogP contribution < -0.4 is 5.32 Å². The van der Waals surface area contributed by atoms with E-state index < -0.39 is 0 Å². The topological polar surface area (TPSA) is 70.8 Å². The van der Waals surface area contributed by atoms with E-state index in [-0.39, 0.29) is 11.1 Å². The summed E-state index contributed by atoms with van der Waals surface area (Å²) in [6, 6.07) is 19.7. The van der Waals surface area contributed by atoms with E-state index >= 15 is 0 Å². The predicted molar refractivity (Wildman–Crippen MR) is 100 cm³/mol. The number of amidine groups is 1. The summed E-state index contributed by atoms with van der Waals surface area (Å²) in [5.41, 5.74) is 3.55. The number of aromatic nitrogens is 2. The largest absolute Gasteiger partial charge is 0.301 e. The molecule has 1 aliphatic rings. The molecule has 0 atom stereocenters. The third kappa shape index (κ3) is 3.12. The van der Waals surface area contributed by atoms with Crippen LogP contribution >= 0.6 is 11.8 Å². The zero-order valence-electron chi connectivity index (χ0n) is 13.1. The van der Waals surface area contributed by atoms with Gasteiger partial charge in [-0.25, -0.2) is 4.68 Å². The van der Waals surface area contributed by atoms with Crippen LogP contribution in [-0.2, 0) is 4.79 Å². The monoisotopic (exact) mass is 346 g/mol. The lowest BCUT2D eigenvalue weighted by atomic mass is 10.1. The Hall–Kier alpha value is -3.12. The zero-order chi connectivity index (χ0) is 17.2. The van der Waals surface area contributed by atoms with Crippen LogP contribution in [0.4, 0.5) is 0 Å². The van der Waals surface area contributed by atoms with Crippen LogP contribution in [0.3, 0.4) is 0 Å². The van der Waals surface area contributed by atoms with E-state index in [2.05, 4.69) is 5.32 Å². The highest BCUT2D eigenvalue weighted by atomic mass is 32.2. The van der Waals surface area contributed by atoms with E-state index in [0.717, 1.165) is 34.3 Å². The Kier molecular flexibility index (Phi) is 3.95. The van der Waals surface area contributed by atoms with Gasteiger partial charge < -0.3 is 5.32 Å². The second-order valence-electron chi connectivity index (χ2n) is 5.47. The molecule has 2 aromatic carbocycles. The van der Waals surface area contributed by atoms with E-state index in [1.54, 1.807) is 10.8 Å². The molecule has 1 amide bonds. The number of benzene rings is 2. The SMILES string of the molecule is N=C1NC(=O)/C(=C\c2cn(-c3ccccc3)nc2-c2ccccc2)S1. The van der Waals surface area contributed by atoms with Crippen molar-refractivity contribution in [1.29, 1.82) is 5.41 Å². The Labute approximate surface area is 148 Å². The lowest BCUT2D eigenvalue weighted by Gasteiger charge is -2.00. The van der Waals surface area contributed by atoms with Crippen molar-refractivity contribution in [2.24, 2.45) is 0 Å². The first kappa shape index (κ1) is 15.4. The molecule has 1 saturated heterocycles. The molecule has 1 fully saturated rings. The summed E-state index contributed by atoms with van der Waals surface area (Å²) < 4.78 is 1.80. The Bertz CT molecular complexity index is 977. The minimum absolute atomic E-state index is 0.146. The van der Waals surface area contributed by atoms with Crippen molar-refractivity contribution >= 4 is 28.9 Å². The van der Waals surface area contributed by atoms with E-state index in [1.807, 2.05) is 66.9 Å². The van der Waals surface area contributed by atoms with E-state index in [0.29, 0.717) is 4.91 Å². The maximum atomic E-state index is 11.9. The van der Waals surface area contributed by atoms with Gasteiger partial charge >= 0.3 is 0 Å². The summed E-state index contributed by atoms with van der Waals surface area (Å²) in [5.74, 6) is -0.249. The molecule has 6 heteroatoms. The lowest BCUT2D eigenvalue weighted by Crippen LogP contribution is -2.18. The minimum atomic E-state index is -0.249. The summed E-state index contributed by atoms with van der Waals surface area (Å²) in [6.07, 6.45) is 3.69. The molecule has 122 valence electrons. The van der Waals surface area contributed by atoms with Gasteiger partial charge in [0.25, 0.3) is 5.91 Å². The lowest BCUT2D eigenvalue weighted by molar-refractivity contribution is -0.115. The number of nitrogens with one attached hydrogen (secondary N) is 2. The number of nitrogens with zero attached hydrogens (tertiary/aromatic N) is 2. The van der Waals surface area contributed by atoms with Gasteiger partial charge in [0.05, 0.1) is 16.3 Å². The van der Waals surface area contributed by atoms with Crippen LogP contribution in [0.5, 0.6) is 0 Å². The molecule has 0 unspecified atom stereocenters. The smallest absolute Gasteiger partial charge is 0.264 e. The summed E-state index contributed by atoms with van der Waals surface area (Å²) >= 11 is 1.12. The van der Waals surface area contributed by atoms with Crippen LogP contribution in [0.1, 0.15) is 5.56 Å². The number of hydrogen-bond acceptors (Lipinski definition) is 4. The van der Waals surface area contributed by atoms with Gasteiger partial charge in [-0.1, -0.05) is 48.5 Å². The van der Waals surface area contributed by atoms with Crippen molar-refractivity contribution in [3.63, 3.8) is 0 Å². The first-order valence-electron chi connectivity index (χ1n) is 7.71. The van der Waals surface area contributed by atoms with Gasteiger partial charge in [-0.05, 0) is 30.0 Å². The first-order chi connectivity index (χ1) is 12.2. The standard InChI is InChI=1S/C19H14N4OS/c20-19-21-18(24)16(25-19)11-14-12-23(15-9-5-2-6-10-15)22-17(14)13-7-3-1-4-8-13/h1-12H,(H2,20,21,24)/b16-11+. The molecule has 25 heavy (non-hydrogen) atoms. The van der Waals surface area contributed by atoms with Crippen molar-refractivity contribution in [3.8, 4) is 16.9 Å². The Morgan fingerprint density at radius 2 is 1.72 bits per heavy atom. The van der Waals surface area contributed by atoms with Gasteiger partial charge in [0.2, 0.25) is 0 Å². The highest BCUT2D eigenvalue weighted by Gasteiger charge is 2.23. The average Bonchev–Trinajstić information content (AvgIpc) is 3.20. The molecular weight excluding hydrogens is 332 g/mol. The van der Waals surface area contributed by atoms with Crippen LogP contribution in [0.15, 0.2) is 71.8 Å². The van der Waals surface area contributed by atoms with Crippen LogP contribution in [0, 0.1) is 5.41 Å². The second kappa shape index (κ2) is 6.41. The molecule has 2 N–H and O–H groups in total. The second-order valence-corrected chi connectivity index (χ2v) is 6.53. The maximum absolute atomic E-state index is 11.9. The van der Waals surface area contributed by atoms with Gasteiger partial charge in [-0.2, -0.15) is 5.10 Å². The van der Waals surface area contributed by atoms with Crippen LogP contribution in [0.2, 0.25) is 0 Å². The summed E-state index contributed by atoms with van der Waals surface area (Å²) in [4.78, 5) is 12.4. The van der Waals surface area contributed by atoms with Crippen LogP contribution in [-0.4, -0.2) is 20.9 Å². The zero-order valence-corrected chi connectivity index (χ0v) is 14.0. The molecule has 0 saturated carbocycles. The molecule has 0 aliphatic carbocycles. The summed E-state index contributed by atoms with van der Waals surface area (Å²) in [5, 5.41) is 15.0. The van der Waals surface area contributed by atoms with Crippen molar-refractivity contribution in [1.82, 2.24) is 15.1 Å². The number of hydrogen-bond donors (Lipinski definition) is 2. The predicted octanol–water partition coefficient (Wildman–Crippen LogP) is 3.68.